The number of ether oxygens (including phenoxy) is 2. The summed E-state index contributed by atoms with van der Waals surface area (Å²) in [6.45, 7) is 2.00. The molecule has 1 saturated carbocycles. The minimum atomic E-state index is -1.79. The van der Waals surface area contributed by atoms with Crippen LogP contribution in [0.5, 0.6) is 0 Å². The van der Waals surface area contributed by atoms with E-state index in [-0.39, 0.29) is 18.4 Å². The second kappa shape index (κ2) is 8.19. The van der Waals surface area contributed by atoms with Gasteiger partial charge in [0.1, 0.15) is 6.61 Å². The van der Waals surface area contributed by atoms with Crippen molar-refractivity contribution in [1.29, 1.82) is 0 Å². The third-order valence-electron chi connectivity index (χ3n) is 6.09. The van der Waals surface area contributed by atoms with Crippen LogP contribution < -0.4 is 0 Å². The highest BCUT2D eigenvalue weighted by Crippen LogP contribution is 2.56. The maximum Gasteiger partial charge on any atom is 0.327 e. The molecule has 0 heterocycles. The molecule has 156 valence electrons. The number of carbonyl (C=O) groups is 2. The molecular weight excluding hydrogens is 400 g/mol. The maximum atomic E-state index is 13.9. The number of hydrogen-bond acceptors (Lipinski definition) is 5. The Morgan fingerprint density at radius 1 is 1.07 bits per heavy atom. The van der Waals surface area contributed by atoms with Crippen molar-refractivity contribution in [2.45, 2.75) is 29.6 Å². The summed E-state index contributed by atoms with van der Waals surface area (Å²) in [4.78, 5) is 26.9. The van der Waals surface area contributed by atoms with Crippen LogP contribution in [-0.4, -0.2) is 28.0 Å². The van der Waals surface area contributed by atoms with Gasteiger partial charge in [-0.3, -0.25) is 13.8 Å². The Kier molecular flexibility index (Phi) is 5.60. The zero-order valence-corrected chi connectivity index (χ0v) is 17.8. The van der Waals surface area contributed by atoms with Gasteiger partial charge in [0.15, 0.2) is 4.75 Å². The first-order valence-electron chi connectivity index (χ1n) is 9.94. The first kappa shape index (κ1) is 20.5. The van der Waals surface area contributed by atoms with Crippen LogP contribution in [0, 0.1) is 24.7 Å². The summed E-state index contributed by atoms with van der Waals surface area (Å²) < 4.78 is 23.1. The fraction of sp³-hybridized carbons (Fsp3) is 0.333. The van der Waals surface area contributed by atoms with E-state index in [1.165, 1.54) is 7.11 Å². The van der Waals surface area contributed by atoms with Crippen LogP contribution in [0.25, 0.3) is 0 Å². The number of carbonyl (C=O) groups excluding carboxylic acids is 2. The van der Waals surface area contributed by atoms with Crippen LogP contribution in [0.1, 0.15) is 17.5 Å². The van der Waals surface area contributed by atoms with Gasteiger partial charge >= 0.3 is 11.9 Å². The summed E-state index contributed by atoms with van der Waals surface area (Å²) >= 11 is 0. The van der Waals surface area contributed by atoms with E-state index in [9.17, 15) is 13.8 Å². The van der Waals surface area contributed by atoms with Crippen LogP contribution in [0.3, 0.4) is 0 Å². The zero-order chi connectivity index (χ0) is 21.3. The van der Waals surface area contributed by atoms with Gasteiger partial charge in [-0.05, 0) is 37.0 Å². The number of hydrogen-bond donors (Lipinski definition) is 0. The Hall–Kier alpha value is -2.73. The predicted octanol–water partition coefficient (Wildman–Crippen LogP) is 3.58. The maximum absolute atomic E-state index is 13.9. The Bertz CT molecular complexity index is 998. The van der Waals surface area contributed by atoms with Crippen LogP contribution >= 0.6 is 0 Å². The largest absolute Gasteiger partial charge is 0.469 e. The molecule has 0 aromatic heterocycles. The van der Waals surface area contributed by atoms with Crippen LogP contribution in [0.15, 0.2) is 71.6 Å². The number of fused-ring (bicyclic) bond motifs is 2. The number of benzene rings is 2. The molecule has 2 aromatic carbocycles. The van der Waals surface area contributed by atoms with Crippen molar-refractivity contribution in [2.24, 2.45) is 17.8 Å². The molecule has 0 N–H and O–H groups in total. The van der Waals surface area contributed by atoms with Gasteiger partial charge in [0.05, 0.1) is 23.8 Å². The van der Waals surface area contributed by atoms with Gasteiger partial charge in [-0.15, -0.1) is 0 Å². The van der Waals surface area contributed by atoms with Gasteiger partial charge in [-0.25, -0.2) is 0 Å². The summed E-state index contributed by atoms with van der Waals surface area (Å²) in [5, 5.41) is 0. The van der Waals surface area contributed by atoms with E-state index in [1.54, 1.807) is 12.1 Å². The summed E-state index contributed by atoms with van der Waals surface area (Å²) in [5.41, 5.74) is 1.85. The van der Waals surface area contributed by atoms with Gasteiger partial charge in [-0.1, -0.05) is 60.2 Å². The molecule has 0 amide bonds. The second-order valence-electron chi connectivity index (χ2n) is 7.83. The number of allylic oxidation sites excluding steroid dienone is 2. The Labute approximate surface area is 178 Å². The van der Waals surface area contributed by atoms with E-state index in [0.717, 1.165) is 11.1 Å². The third kappa shape index (κ3) is 3.29. The van der Waals surface area contributed by atoms with E-state index < -0.39 is 33.4 Å². The van der Waals surface area contributed by atoms with E-state index >= 15 is 0 Å². The molecule has 0 aliphatic heterocycles. The summed E-state index contributed by atoms with van der Waals surface area (Å²) in [5.74, 6) is -2.53. The lowest BCUT2D eigenvalue weighted by Crippen LogP contribution is -2.56. The number of esters is 2. The number of methoxy groups -OCH3 is 1. The first-order valence-corrected chi connectivity index (χ1v) is 11.1. The van der Waals surface area contributed by atoms with Crippen molar-refractivity contribution in [1.82, 2.24) is 0 Å². The molecule has 2 aromatic rings. The first-order chi connectivity index (χ1) is 14.5. The number of rotatable bonds is 6. The average Bonchev–Trinajstić information content (AvgIpc) is 3.38. The lowest BCUT2D eigenvalue weighted by Gasteiger charge is -2.37. The molecule has 0 saturated heterocycles. The van der Waals surface area contributed by atoms with Crippen molar-refractivity contribution in [3.8, 4) is 0 Å². The number of aryl methyl sites for hydroxylation is 1. The molecule has 0 radical (unpaired) electrons. The SMILES string of the molecule is COC(=O)[C@H]1[C@@H]2C=C[C@@H](C2)[C@@]1(C(=O)OCc1ccccc1)S(=O)c1ccc(C)cc1. The van der Waals surface area contributed by atoms with Crippen molar-refractivity contribution >= 4 is 22.7 Å². The highest BCUT2D eigenvalue weighted by molar-refractivity contribution is 7.87. The lowest BCUT2D eigenvalue weighted by atomic mass is 9.82. The van der Waals surface area contributed by atoms with Gasteiger partial charge < -0.3 is 9.47 Å². The van der Waals surface area contributed by atoms with Crippen molar-refractivity contribution in [3.05, 3.63) is 77.9 Å². The van der Waals surface area contributed by atoms with E-state index in [2.05, 4.69) is 0 Å². The predicted molar refractivity (Wildman–Crippen MR) is 113 cm³/mol. The Balaban J connectivity index is 1.75. The Morgan fingerprint density at radius 3 is 2.43 bits per heavy atom. The van der Waals surface area contributed by atoms with Gasteiger partial charge in [-0.2, -0.15) is 0 Å². The summed E-state index contributed by atoms with van der Waals surface area (Å²) in [7, 11) is -0.493. The molecule has 1 fully saturated rings. The minimum absolute atomic E-state index is 0.0571. The zero-order valence-electron chi connectivity index (χ0n) is 16.9. The minimum Gasteiger partial charge on any atom is -0.469 e. The Morgan fingerprint density at radius 2 is 1.77 bits per heavy atom. The second-order valence-corrected chi connectivity index (χ2v) is 9.51. The molecule has 1 unspecified atom stereocenters. The van der Waals surface area contributed by atoms with Gasteiger partial charge in [0.25, 0.3) is 0 Å². The molecular formula is C24H24O5S. The molecule has 4 rings (SSSR count). The fourth-order valence-corrected chi connectivity index (χ4v) is 6.55. The average molecular weight is 425 g/mol. The molecule has 6 heteroatoms. The van der Waals surface area contributed by atoms with Crippen molar-refractivity contribution < 1.29 is 23.3 Å². The third-order valence-corrected chi connectivity index (χ3v) is 8.12. The normalized spacial score (nSPS) is 27.6. The quantitative estimate of drug-likeness (QED) is 0.524. The van der Waals surface area contributed by atoms with Crippen LogP contribution in [-0.2, 0) is 36.5 Å². The van der Waals surface area contributed by atoms with E-state index in [0.29, 0.717) is 11.3 Å². The summed E-state index contributed by atoms with van der Waals surface area (Å²) in [6, 6.07) is 16.5. The van der Waals surface area contributed by atoms with Gasteiger partial charge in [0.2, 0.25) is 0 Å². The van der Waals surface area contributed by atoms with E-state index in [4.69, 9.17) is 9.47 Å². The van der Waals surface area contributed by atoms with Crippen molar-refractivity contribution in [3.63, 3.8) is 0 Å². The summed E-state index contributed by atoms with van der Waals surface area (Å²) in [6.07, 6.45) is 4.42. The fourth-order valence-electron chi connectivity index (χ4n) is 4.62. The smallest absolute Gasteiger partial charge is 0.327 e. The standard InChI is InChI=1S/C24H24O5S/c1-16-8-12-20(13-9-16)30(27)24(23(26)29-15-17-6-4-3-5-7-17)19-11-10-18(14-19)21(24)22(25)28-2/h3-13,18-19,21H,14-15H2,1-2H3/t18-,19+,21-,24-,30?/m1/s1. The van der Waals surface area contributed by atoms with Crippen LogP contribution in [0.4, 0.5) is 0 Å². The molecule has 5 nitrogen and oxygen atoms in total. The molecule has 2 bridgehead atoms. The molecule has 0 spiro atoms. The van der Waals surface area contributed by atoms with Gasteiger partial charge in [0, 0.05) is 10.8 Å². The molecule has 5 atom stereocenters. The van der Waals surface area contributed by atoms with E-state index in [1.807, 2.05) is 61.5 Å². The topological polar surface area (TPSA) is 69.7 Å². The van der Waals surface area contributed by atoms with Crippen molar-refractivity contribution in [2.75, 3.05) is 7.11 Å². The van der Waals surface area contributed by atoms with Crippen LogP contribution in [0.2, 0.25) is 0 Å². The molecule has 2 aliphatic rings. The monoisotopic (exact) mass is 424 g/mol. The molecule has 2 aliphatic carbocycles. The highest BCUT2D eigenvalue weighted by Gasteiger charge is 2.68. The molecule has 30 heavy (non-hydrogen) atoms. The lowest BCUT2D eigenvalue weighted by molar-refractivity contribution is -0.158. The highest BCUT2D eigenvalue weighted by atomic mass is 32.2.